The van der Waals surface area contributed by atoms with Gasteiger partial charge in [-0.2, -0.15) is 0 Å². The lowest BCUT2D eigenvalue weighted by Gasteiger charge is -2.19. The Labute approximate surface area is 88.5 Å². The summed E-state index contributed by atoms with van der Waals surface area (Å²) in [7, 11) is 0. The normalized spacial score (nSPS) is 11.8. The van der Waals surface area contributed by atoms with E-state index in [2.05, 4.69) is 68.5 Å². The van der Waals surface area contributed by atoms with Crippen molar-refractivity contribution in [2.75, 3.05) is 0 Å². The molecule has 0 aliphatic rings. The minimum absolute atomic E-state index is 0.271. The summed E-state index contributed by atoms with van der Waals surface area (Å²) in [4.78, 5) is 0. The zero-order chi connectivity index (χ0) is 9.35. The van der Waals surface area contributed by atoms with Gasteiger partial charge in [0.15, 0.2) is 0 Å². The first-order valence-electron chi connectivity index (χ1n) is 4.18. The van der Waals surface area contributed by atoms with Gasteiger partial charge < -0.3 is 0 Å². The SMILES string of the molecule is Cc1ccc(C(C)(C)C)cc1I. The molecule has 0 nitrogen and oxygen atoms in total. The van der Waals surface area contributed by atoms with Crippen LogP contribution in [0.5, 0.6) is 0 Å². The fraction of sp³-hybridized carbons (Fsp3) is 0.455. The molecule has 0 spiro atoms. The van der Waals surface area contributed by atoms with Crippen LogP contribution in [-0.4, -0.2) is 0 Å². The number of halogens is 1. The lowest BCUT2D eigenvalue weighted by molar-refractivity contribution is 0.589. The Hall–Kier alpha value is -0.0500. The molecule has 0 fully saturated rings. The first kappa shape index (κ1) is 10.0. The van der Waals surface area contributed by atoms with Crippen molar-refractivity contribution < 1.29 is 0 Å². The molecular weight excluding hydrogens is 259 g/mol. The lowest BCUT2D eigenvalue weighted by Crippen LogP contribution is -2.11. The third-order valence-corrected chi connectivity index (χ3v) is 3.20. The molecule has 0 atom stereocenters. The van der Waals surface area contributed by atoms with Gasteiger partial charge in [-0.1, -0.05) is 32.9 Å². The first-order chi connectivity index (χ1) is 5.41. The summed E-state index contributed by atoms with van der Waals surface area (Å²) in [5, 5.41) is 0. The van der Waals surface area contributed by atoms with Crippen molar-refractivity contribution in [2.24, 2.45) is 0 Å². The molecule has 1 rings (SSSR count). The van der Waals surface area contributed by atoms with Crippen LogP contribution in [0.1, 0.15) is 31.9 Å². The summed E-state index contributed by atoms with van der Waals surface area (Å²) in [6.07, 6.45) is 0. The lowest BCUT2D eigenvalue weighted by atomic mass is 9.87. The van der Waals surface area contributed by atoms with E-state index in [0.717, 1.165) is 0 Å². The van der Waals surface area contributed by atoms with Crippen molar-refractivity contribution in [3.05, 3.63) is 32.9 Å². The van der Waals surface area contributed by atoms with E-state index in [1.165, 1.54) is 14.7 Å². The van der Waals surface area contributed by atoms with Gasteiger partial charge in [0, 0.05) is 3.57 Å². The predicted octanol–water partition coefficient (Wildman–Crippen LogP) is 3.90. The van der Waals surface area contributed by atoms with E-state index in [4.69, 9.17) is 0 Å². The van der Waals surface area contributed by atoms with E-state index in [1.54, 1.807) is 0 Å². The number of benzene rings is 1. The van der Waals surface area contributed by atoms with Gasteiger partial charge in [0.1, 0.15) is 0 Å². The van der Waals surface area contributed by atoms with Gasteiger partial charge >= 0.3 is 0 Å². The van der Waals surface area contributed by atoms with Crippen LogP contribution in [0.25, 0.3) is 0 Å². The zero-order valence-corrected chi connectivity index (χ0v) is 10.3. The maximum Gasteiger partial charge on any atom is 0.0162 e. The van der Waals surface area contributed by atoms with Crippen LogP contribution in [0.15, 0.2) is 18.2 Å². The molecular formula is C11H15I. The van der Waals surface area contributed by atoms with Crippen molar-refractivity contribution in [2.45, 2.75) is 33.1 Å². The monoisotopic (exact) mass is 274 g/mol. The number of aryl methyl sites for hydroxylation is 1. The number of rotatable bonds is 0. The van der Waals surface area contributed by atoms with Crippen molar-refractivity contribution >= 4 is 22.6 Å². The summed E-state index contributed by atoms with van der Waals surface area (Å²) in [6, 6.07) is 6.69. The molecule has 66 valence electrons. The van der Waals surface area contributed by atoms with Gasteiger partial charge in [-0.15, -0.1) is 0 Å². The molecule has 0 saturated heterocycles. The van der Waals surface area contributed by atoms with Crippen molar-refractivity contribution in [3.63, 3.8) is 0 Å². The molecule has 1 aromatic rings. The maximum absolute atomic E-state index is 2.39. The smallest absolute Gasteiger partial charge is 0.0162 e. The molecule has 12 heavy (non-hydrogen) atoms. The van der Waals surface area contributed by atoms with E-state index in [0.29, 0.717) is 0 Å². The van der Waals surface area contributed by atoms with Crippen LogP contribution in [0, 0.1) is 10.5 Å². The highest BCUT2D eigenvalue weighted by molar-refractivity contribution is 14.1. The standard InChI is InChI=1S/C11H15I/c1-8-5-6-9(7-10(8)12)11(2,3)4/h5-7H,1-4H3. The zero-order valence-electron chi connectivity index (χ0n) is 8.11. The molecule has 1 heteroatoms. The Morgan fingerprint density at radius 2 is 1.75 bits per heavy atom. The molecule has 0 aromatic heterocycles. The Morgan fingerprint density at radius 3 is 2.17 bits per heavy atom. The summed E-state index contributed by atoms with van der Waals surface area (Å²) in [5.74, 6) is 0. The molecule has 0 radical (unpaired) electrons. The number of hydrogen-bond acceptors (Lipinski definition) is 0. The van der Waals surface area contributed by atoms with Crippen LogP contribution < -0.4 is 0 Å². The van der Waals surface area contributed by atoms with E-state index in [-0.39, 0.29) is 5.41 Å². The summed E-state index contributed by atoms with van der Waals surface area (Å²) < 4.78 is 1.36. The van der Waals surface area contributed by atoms with Crippen molar-refractivity contribution in [3.8, 4) is 0 Å². The Balaban J connectivity index is 3.14. The van der Waals surface area contributed by atoms with E-state index >= 15 is 0 Å². The summed E-state index contributed by atoms with van der Waals surface area (Å²) in [5.41, 5.74) is 3.05. The quantitative estimate of drug-likeness (QED) is 0.629. The highest BCUT2D eigenvalue weighted by Gasteiger charge is 2.13. The minimum Gasteiger partial charge on any atom is -0.0582 e. The number of hydrogen-bond donors (Lipinski definition) is 0. The average Bonchev–Trinajstić information content (AvgIpc) is 1.92. The fourth-order valence-corrected chi connectivity index (χ4v) is 1.57. The fourth-order valence-electron chi connectivity index (χ4n) is 1.06. The Bertz CT molecular complexity index is 282. The maximum atomic E-state index is 2.39. The van der Waals surface area contributed by atoms with Crippen molar-refractivity contribution in [1.29, 1.82) is 0 Å². The Morgan fingerprint density at radius 1 is 1.17 bits per heavy atom. The first-order valence-corrected chi connectivity index (χ1v) is 5.26. The molecule has 0 N–H and O–H groups in total. The third kappa shape index (κ3) is 2.22. The molecule has 0 unspecified atom stereocenters. The van der Waals surface area contributed by atoms with Gasteiger partial charge in [-0.05, 0) is 52.1 Å². The molecule has 0 bridgehead atoms. The van der Waals surface area contributed by atoms with E-state index in [9.17, 15) is 0 Å². The van der Waals surface area contributed by atoms with Gasteiger partial charge in [0.25, 0.3) is 0 Å². The van der Waals surface area contributed by atoms with Crippen LogP contribution in [-0.2, 0) is 5.41 Å². The van der Waals surface area contributed by atoms with E-state index < -0.39 is 0 Å². The van der Waals surface area contributed by atoms with Crippen LogP contribution in [0.4, 0.5) is 0 Å². The van der Waals surface area contributed by atoms with Gasteiger partial charge in [-0.3, -0.25) is 0 Å². The highest BCUT2D eigenvalue weighted by atomic mass is 127. The second-order valence-electron chi connectivity index (χ2n) is 4.21. The molecule has 0 amide bonds. The molecule has 0 heterocycles. The van der Waals surface area contributed by atoms with Gasteiger partial charge in [0.2, 0.25) is 0 Å². The second-order valence-corrected chi connectivity index (χ2v) is 5.38. The molecule has 0 saturated carbocycles. The highest BCUT2D eigenvalue weighted by Crippen LogP contribution is 2.24. The summed E-state index contributed by atoms with van der Waals surface area (Å²) in [6.45, 7) is 8.88. The Kier molecular flexibility index (Phi) is 2.81. The van der Waals surface area contributed by atoms with Crippen LogP contribution in [0.2, 0.25) is 0 Å². The predicted molar refractivity (Wildman–Crippen MR) is 62.6 cm³/mol. The molecule has 0 aliphatic heterocycles. The molecule has 1 aromatic carbocycles. The second kappa shape index (κ2) is 3.36. The summed E-state index contributed by atoms with van der Waals surface area (Å²) >= 11 is 2.39. The average molecular weight is 274 g/mol. The molecule has 0 aliphatic carbocycles. The largest absolute Gasteiger partial charge is 0.0582 e. The minimum atomic E-state index is 0.271. The topological polar surface area (TPSA) is 0 Å². The van der Waals surface area contributed by atoms with Crippen LogP contribution in [0.3, 0.4) is 0 Å². The van der Waals surface area contributed by atoms with Gasteiger partial charge in [-0.25, -0.2) is 0 Å². The van der Waals surface area contributed by atoms with E-state index in [1.807, 2.05) is 0 Å². The third-order valence-electron chi connectivity index (χ3n) is 2.04. The van der Waals surface area contributed by atoms with Gasteiger partial charge in [0.05, 0.1) is 0 Å². The van der Waals surface area contributed by atoms with Crippen molar-refractivity contribution in [1.82, 2.24) is 0 Å². The van der Waals surface area contributed by atoms with Crippen LogP contribution >= 0.6 is 22.6 Å².